The summed E-state index contributed by atoms with van der Waals surface area (Å²) < 4.78 is 7.21. The van der Waals surface area contributed by atoms with Crippen molar-refractivity contribution in [3.8, 4) is 17.1 Å². The van der Waals surface area contributed by atoms with E-state index in [1.54, 1.807) is 7.11 Å². The number of hydrogen-bond donors (Lipinski definition) is 0. The average Bonchev–Trinajstić information content (AvgIpc) is 3.20. The van der Waals surface area contributed by atoms with E-state index >= 15 is 0 Å². The summed E-state index contributed by atoms with van der Waals surface area (Å²) in [6, 6.07) is 15.8. The molecule has 0 N–H and O–H groups in total. The van der Waals surface area contributed by atoms with Crippen LogP contribution in [0, 0.1) is 0 Å². The van der Waals surface area contributed by atoms with Gasteiger partial charge in [-0.3, -0.25) is 9.36 Å². The van der Waals surface area contributed by atoms with Gasteiger partial charge in [0, 0.05) is 24.3 Å². The molecular weight excluding hydrogens is 396 g/mol. The summed E-state index contributed by atoms with van der Waals surface area (Å²) in [7, 11) is 1.64. The minimum Gasteiger partial charge on any atom is -0.497 e. The zero-order valence-corrected chi connectivity index (χ0v) is 17.8. The number of carbonyl (C=O) groups is 1. The Morgan fingerprint density at radius 2 is 2.00 bits per heavy atom. The average molecular weight is 421 g/mol. The molecule has 0 aliphatic carbocycles. The number of para-hydroxylation sites is 1. The Morgan fingerprint density at radius 1 is 1.20 bits per heavy atom. The fourth-order valence-corrected chi connectivity index (χ4v) is 4.46. The van der Waals surface area contributed by atoms with E-state index in [0.29, 0.717) is 17.5 Å². The second-order valence-electron chi connectivity index (χ2n) is 7.00. The van der Waals surface area contributed by atoms with E-state index in [2.05, 4.69) is 22.8 Å². The Bertz CT molecular complexity index is 1050. The first kappa shape index (κ1) is 20.2. The van der Waals surface area contributed by atoms with Gasteiger partial charge in [-0.1, -0.05) is 36.0 Å². The van der Waals surface area contributed by atoms with Crippen LogP contribution in [0.4, 0.5) is 5.69 Å². The van der Waals surface area contributed by atoms with Gasteiger partial charge < -0.3 is 9.64 Å². The lowest BCUT2D eigenvalue weighted by Gasteiger charge is -2.29. The number of ether oxygens (including phenoxy) is 1. The van der Waals surface area contributed by atoms with Crippen LogP contribution in [0.2, 0.25) is 0 Å². The molecule has 0 atom stereocenters. The maximum absolute atomic E-state index is 13.0. The number of aromatic nitrogens is 3. The number of methoxy groups -OCH3 is 1. The van der Waals surface area contributed by atoms with Crippen LogP contribution in [0.25, 0.3) is 11.4 Å². The van der Waals surface area contributed by atoms with E-state index in [1.807, 2.05) is 58.0 Å². The van der Waals surface area contributed by atoms with Crippen molar-refractivity contribution in [1.29, 1.82) is 0 Å². The number of aryl methyl sites for hydroxylation is 1. The number of rotatable bonds is 7. The second-order valence-corrected chi connectivity index (χ2v) is 7.94. The van der Waals surface area contributed by atoms with Crippen LogP contribution in [-0.2, 0) is 17.8 Å². The number of allylic oxidation sites excluding steroid dienone is 1. The Labute approximate surface area is 180 Å². The lowest BCUT2D eigenvalue weighted by molar-refractivity contribution is -0.116. The molecule has 1 aliphatic heterocycles. The molecule has 3 aromatic rings. The van der Waals surface area contributed by atoms with Crippen LogP contribution in [0.3, 0.4) is 0 Å². The van der Waals surface area contributed by atoms with Gasteiger partial charge >= 0.3 is 0 Å². The first-order valence-corrected chi connectivity index (χ1v) is 10.9. The molecule has 1 aliphatic rings. The smallest absolute Gasteiger partial charge is 0.237 e. The molecule has 0 saturated carbocycles. The van der Waals surface area contributed by atoms with E-state index < -0.39 is 0 Å². The van der Waals surface area contributed by atoms with Gasteiger partial charge in [-0.05, 0) is 48.7 Å². The van der Waals surface area contributed by atoms with E-state index in [-0.39, 0.29) is 5.91 Å². The van der Waals surface area contributed by atoms with E-state index in [9.17, 15) is 4.79 Å². The number of fused-ring (bicyclic) bond motifs is 1. The van der Waals surface area contributed by atoms with Crippen molar-refractivity contribution in [3.63, 3.8) is 0 Å². The standard InChI is InChI=1S/C23H24N4O2S/c1-3-14-27-22(18-10-12-19(29-2)13-11-18)24-25-23(27)30-16-21(28)26-15-6-8-17-7-4-5-9-20(17)26/h3-5,7,9-13H,1,6,8,14-16H2,2H3. The summed E-state index contributed by atoms with van der Waals surface area (Å²) in [5.74, 6) is 1.93. The van der Waals surface area contributed by atoms with Crippen LogP contribution in [0.1, 0.15) is 12.0 Å². The van der Waals surface area contributed by atoms with Crippen LogP contribution in [0.15, 0.2) is 66.3 Å². The number of anilines is 1. The van der Waals surface area contributed by atoms with E-state index in [4.69, 9.17) is 4.74 Å². The van der Waals surface area contributed by atoms with Crippen molar-refractivity contribution in [2.75, 3.05) is 24.3 Å². The minimum absolute atomic E-state index is 0.0892. The number of amides is 1. The molecule has 1 amide bonds. The number of nitrogens with zero attached hydrogens (tertiary/aromatic N) is 4. The minimum atomic E-state index is 0.0892. The van der Waals surface area contributed by atoms with Gasteiger partial charge in [-0.25, -0.2) is 0 Å². The predicted octanol–water partition coefficient (Wildman–Crippen LogP) is 4.21. The van der Waals surface area contributed by atoms with E-state index in [1.165, 1.54) is 17.3 Å². The van der Waals surface area contributed by atoms with Gasteiger partial charge in [0.25, 0.3) is 0 Å². The van der Waals surface area contributed by atoms with Gasteiger partial charge in [0.05, 0.1) is 12.9 Å². The summed E-state index contributed by atoms with van der Waals surface area (Å²) in [5, 5.41) is 9.41. The van der Waals surface area contributed by atoms with E-state index in [0.717, 1.165) is 42.2 Å². The van der Waals surface area contributed by atoms with Crippen LogP contribution in [-0.4, -0.2) is 40.1 Å². The monoisotopic (exact) mass is 420 g/mol. The molecule has 0 radical (unpaired) electrons. The molecule has 0 fully saturated rings. The predicted molar refractivity (Wildman–Crippen MR) is 120 cm³/mol. The molecule has 30 heavy (non-hydrogen) atoms. The van der Waals surface area contributed by atoms with Gasteiger partial charge in [-0.15, -0.1) is 16.8 Å². The summed E-state index contributed by atoms with van der Waals surface area (Å²) in [4.78, 5) is 14.9. The molecule has 7 heteroatoms. The molecule has 6 nitrogen and oxygen atoms in total. The highest BCUT2D eigenvalue weighted by Crippen LogP contribution is 2.29. The number of hydrogen-bond acceptors (Lipinski definition) is 5. The highest BCUT2D eigenvalue weighted by molar-refractivity contribution is 7.99. The van der Waals surface area contributed by atoms with Crippen LogP contribution < -0.4 is 9.64 Å². The Morgan fingerprint density at radius 3 is 2.77 bits per heavy atom. The Hall–Kier alpha value is -3.06. The molecule has 4 rings (SSSR count). The second kappa shape index (κ2) is 9.17. The molecule has 0 bridgehead atoms. The molecule has 2 heterocycles. The van der Waals surface area contributed by atoms with Gasteiger partial charge in [0.1, 0.15) is 5.75 Å². The van der Waals surface area contributed by atoms with Crippen LogP contribution in [0.5, 0.6) is 5.75 Å². The first-order chi connectivity index (χ1) is 14.7. The highest BCUT2D eigenvalue weighted by Gasteiger charge is 2.23. The lowest BCUT2D eigenvalue weighted by Crippen LogP contribution is -2.36. The molecule has 154 valence electrons. The quantitative estimate of drug-likeness (QED) is 0.423. The number of carbonyl (C=O) groups excluding carboxylic acids is 1. The summed E-state index contributed by atoms with van der Waals surface area (Å²) in [6.45, 7) is 5.18. The molecule has 2 aromatic carbocycles. The maximum Gasteiger partial charge on any atom is 0.237 e. The summed E-state index contributed by atoms with van der Waals surface area (Å²) in [5.41, 5.74) is 3.20. The summed E-state index contributed by atoms with van der Waals surface area (Å²) in [6.07, 6.45) is 3.82. The Kier molecular flexibility index (Phi) is 6.18. The van der Waals surface area contributed by atoms with Gasteiger partial charge in [0.2, 0.25) is 5.91 Å². The molecule has 1 aromatic heterocycles. The van der Waals surface area contributed by atoms with Crippen molar-refractivity contribution in [2.24, 2.45) is 0 Å². The summed E-state index contributed by atoms with van der Waals surface area (Å²) >= 11 is 1.41. The normalized spacial score (nSPS) is 13.0. The first-order valence-electron chi connectivity index (χ1n) is 9.91. The van der Waals surface area contributed by atoms with Crippen molar-refractivity contribution in [3.05, 3.63) is 66.7 Å². The van der Waals surface area contributed by atoms with Crippen molar-refractivity contribution >= 4 is 23.4 Å². The fourth-order valence-electron chi connectivity index (χ4n) is 3.64. The SMILES string of the molecule is C=CCn1c(SCC(=O)N2CCCc3ccccc32)nnc1-c1ccc(OC)cc1. The molecule has 0 saturated heterocycles. The number of thioether (sulfide) groups is 1. The molecule has 0 unspecified atom stereocenters. The zero-order valence-electron chi connectivity index (χ0n) is 17.0. The van der Waals surface area contributed by atoms with Crippen molar-refractivity contribution < 1.29 is 9.53 Å². The Balaban J connectivity index is 1.51. The van der Waals surface area contributed by atoms with Crippen LogP contribution >= 0.6 is 11.8 Å². The molecule has 0 spiro atoms. The third-order valence-electron chi connectivity index (χ3n) is 5.11. The van der Waals surface area contributed by atoms with Crippen molar-refractivity contribution in [2.45, 2.75) is 24.5 Å². The largest absolute Gasteiger partial charge is 0.497 e. The fraction of sp³-hybridized carbons (Fsp3) is 0.261. The zero-order chi connectivity index (χ0) is 20.9. The van der Waals surface area contributed by atoms with Gasteiger partial charge in [0.15, 0.2) is 11.0 Å². The number of benzene rings is 2. The van der Waals surface area contributed by atoms with Gasteiger partial charge in [-0.2, -0.15) is 0 Å². The third kappa shape index (κ3) is 4.11. The van der Waals surface area contributed by atoms with Crippen molar-refractivity contribution in [1.82, 2.24) is 14.8 Å². The molecular formula is C23H24N4O2S. The topological polar surface area (TPSA) is 60.2 Å². The third-order valence-corrected chi connectivity index (χ3v) is 6.06. The highest BCUT2D eigenvalue weighted by atomic mass is 32.2. The maximum atomic E-state index is 13.0. The lowest BCUT2D eigenvalue weighted by atomic mass is 10.0.